The van der Waals surface area contributed by atoms with Gasteiger partial charge in [-0.2, -0.15) is 4.31 Å². The Hall–Kier alpha value is -2.78. The number of sulfonamides is 1. The number of hydrogen-bond acceptors (Lipinski definition) is 4. The Morgan fingerprint density at radius 2 is 1.66 bits per heavy atom. The summed E-state index contributed by atoms with van der Waals surface area (Å²) in [6, 6.07) is 13.3. The lowest BCUT2D eigenvalue weighted by molar-refractivity contribution is -0.141. The van der Waals surface area contributed by atoms with Gasteiger partial charge in [-0.1, -0.05) is 42.5 Å². The van der Waals surface area contributed by atoms with E-state index in [1.54, 1.807) is 30.3 Å². The number of amides is 2. The molecule has 2 amide bonds. The molecule has 0 aliphatic carbocycles. The van der Waals surface area contributed by atoms with Gasteiger partial charge in [0.1, 0.15) is 11.9 Å². The molecule has 1 atom stereocenters. The molecule has 0 spiro atoms. The van der Waals surface area contributed by atoms with E-state index in [1.807, 2.05) is 0 Å². The predicted octanol–water partition coefficient (Wildman–Crippen LogP) is 1.53. The van der Waals surface area contributed by atoms with Crippen LogP contribution in [0.2, 0.25) is 0 Å². The van der Waals surface area contributed by atoms with Crippen molar-refractivity contribution in [3.63, 3.8) is 0 Å². The van der Waals surface area contributed by atoms with Gasteiger partial charge in [0.15, 0.2) is 0 Å². The number of hydrogen-bond donors (Lipinski definition) is 1. The van der Waals surface area contributed by atoms with Crippen molar-refractivity contribution in [2.45, 2.75) is 12.6 Å². The highest BCUT2D eigenvalue weighted by Gasteiger charge is 2.32. The van der Waals surface area contributed by atoms with Crippen molar-refractivity contribution in [1.82, 2.24) is 14.5 Å². The Morgan fingerprint density at radius 1 is 1.07 bits per heavy atom. The SMILES string of the molecule is CNC(=O)[C@H](c1ccccc1)N(Cc1ccc(F)cc1)C(=O)CN(C)S(C)(=O)=O. The number of carbonyl (C=O) groups excluding carboxylic acids is 2. The van der Waals surface area contributed by atoms with E-state index in [-0.39, 0.29) is 6.54 Å². The molecule has 2 aromatic carbocycles. The molecule has 9 heteroatoms. The Balaban J connectivity index is 2.46. The second-order valence-corrected chi connectivity index (χ2v) is 8.68. The minimum atomic E-state index is -3.59. The number of nitrogens with zero attached hydrogens (tertiary/aromatic N) is 2. The van der Waals surface area contributed by atoms with E-state index in [1.165, 1.54) is 43.3 Å². The average Bonchev–Trinajstić information content (AvgIpc) is 2.68. The Labute approximate surface area is 170 Å². The van der Waals surface area contributed by atoms with Gasteiger partial charge in [-0.15, -0.1) is 0 Å². The van der Waals surface area contributed by atoms with Crippen LogP contribution in [0.1, 0.15) is 17.2 Å². The molecule has 0 saturated carbocycles. The maximum Gasteiger partial charge on any atom is 0.247 e. The van der Waals surface area contributed by atoms with E-state index in [2.05, 4.69) is 5.32 Å². The molecule has 0 radical (unpaired) electrons. The molecule has 0 bridgehead atoms. The topological polar surface area (TPSA) is 86.8 Å². The summed E-state index contributed by atoms with van der Waals surface area (Å²) in [5.41, 5.74) is 1.18. The summed E-state index contributed by atoms with van der Waals surface area (Å²) in [6.07, 6.45) is 0.998. The molecule has 7 nitrogen and oxygen atoms in total. The van der Waals surface area contributed by atoms with E-state index in [9.17, 15) is 22.4 Å². The summed E-state index contributed by atoms with van der Waals surface area (Å²) < 4.78 is 37.7. The molecule has 0 unspecified atom stereocenters. The molecule has 29 heavy (non-hydrogen) atoms. The number of rotatable bonds is 8. The second-order valence-electron chi connectivity index (χ2n) is 6.59. The van der Waals surface area contributed by atoms with Gasteiger partial charge < -0.3 is 10.2 Å². The van der Waals surface area contributed by atoms with Gasteiger partial charge in [-0.25, -0.2) is 12.8 Å². The molecule has 1 N–H and O–H groups in total. The fourth-order valence-electron chi connectivity index (χ4n) is 2.75. The molecule has 0 fully saturated rings. The highest BCUT2D eigenvalue weighted by molar-refractivity contribution is 7.88. The number of carbonyl (C=O) groups is 2. The van der Waals surface area contributed by atoms with Crippen molar-refractivity contribution in [3.05, 3.63) is 71.5 Å². The molecule has 0 aliphatic heterocycles. The smallest absolute Gasteiger partial charge is 0.247 e. The van der Waals surface area contributed by atoms with Gasteiger partial charge in [0.25, 0.3) is 0 Å². The molecule has 2 rings (SSSR count). The van der Waals surface area contributed by atoms with Gasteiger partial charge in [-0.3, -0.25) is 9.59 Å². The van der Waals surface area contributed by atoms with Crippen LogP contribution in [0.5, 0.6) is 0 Å². The maximum atomic E-state index is 13.3. The van der Waals surface area contributed by atoms with E-state index >= 15 is 0 Å². The van der Waals surface area contributed by atoms with Crippen molar-refractivity contribution in [2.24, 2.45) is 0 Å². The standard InChI is InChI=1S/C20H24FN3O4S/c1-22-20(26)19(16-7-5-4-6-8-16)24(13-15-9-11-17(21)12-10-15)18(25)14-23(2)29(3,27)28/h4-12,19H,13-14H2,1-3H3,(H,22,26)/t19-/m0/s1. The van der Waals surface area contributed by atoms with Crippen molar-refractivity contribution < 1.29 is 22.4 Å². The second kappa shape index (κ2) is 9.62. The van der Waals surface area contributed by atoms with Gasteiger partial charge >= 0.3 is 0 Å². The molecular weight excluding hydrogens is 397 g/mol. The van der Waals surface area contributed by atoms with Crippen LogP contribution in [0.15, 0.2) is 54.6 Å². The highest BCUT2D eigenvalue weighted by Crippen LogP contribution is 2.24. The normalized spacial score (nSPS) is 12.4. The van der Waals surface area contributed by atoms with Crippen LogP contribution < -0.4 is 5.32 Å². The summed E-state index contributed by atoms with van der Waals surface area (Å²) in [5.74, 6) is -1.40. The zero-order valence-electron chi connectivity index (χ0n) is 16.5. The van der Waals surface area contributed by atoms with Crippen LogP contribution >= 0.6 is 0 Å². The van der Waals surface area contributed by atoms with Gasteiger partial charge in [-0.05, 0) is 23.3 Å². The zero-order valence-corrected chi connectivity index (χ0v) is 17.3. The molecule has 0 heterocycles. The lowest BCUT2D eigenvalue weighted by Gasteiger charge is -2.32. The fraction of sp³-hybridized carbons (Fsp3) is 0.300. The Kier molecular flexibility index (Phi) is 7.46. The molecule has 0 aliphatic rings. The fourth-order valence-corrected chi connectivity index (χ4v) is 3.10. The van der Waals surface area contributed by atoms with Crippen LogP contribution in [-0.2, 0) is 26.2 Å². The van der Waals surface area contributed by atoms with Crippen molar-refractivity contribution in [3.8, 4) is 0 Å². The van der Waals surface area contributed by atoms with Crippen LogP contribution in [0.3, 0.4) is 0 Å². The number of halogens is 1. The largest absolute Gasteiger partial charge is 0.357 e. The summed E-state index contributed by atoms with van der Waals surface area (Å²) in [7, 11) is -0.838. The lowest BCUT2D eigenvalue weighted by atomic mass is 10.0. The van der Waals surface area contributed by atoms with E-state index in [4.69, 9.17) is 0 Å². The van der Waals surface area contributed by atoms with Crippen molar-refractivity contribution >= 4 is 21.8 Å². The zero-order chi connectivity index (χ0) is 21.6. The first-order valence-corrected chi connectivity index (χ1v) is 10.7. The highest BCUT2D eigenvalue weighted by atomic mass is 32.2. The Bertz CT molecular complexity index is 949. The molecular formula is C20H24FN3O4S. The summed E-state index contributed by atoms with van der Waals surface area (Å²) in [4.78, 5) is 27.1. The monoisotopic (exact) mass is 421 g/mol. The quantitative estimate of drug-likeness (QED) is 0.700. The molecule has 0 aromatic heterocycles. The van der Waals surface area contributed by atoms with Crippen LogP contribution in [0.25, 0.3) is 0 Å². The molecule has 2 aromatic rings. The van der Waals surface area contributed by atoms with Gasteiger partial charge in [0.2, 0.25) is 21.8 Å². The molecule has 0 saturated heterocycles. The predicted molar refractivity (Wildman–Crippen MR) is 108 cm³/mol. The number of likely N-dealkylation sites (N-methyl/N-ethyl adjacent to an activating group) is 2. The van der Waals surface area contributed by atoms with Gasteiger partial charge in [0, 0.05) is 20.6 Å². The lowest BCUT2D eigenvalue weighted by Crippen LogP contribution is -2.46. The maximum absolute atomic E-state index is 13.3. The van der Waals surface area contributed by atoms with Gasteiger partial charge in [0.05, 0.1) is 12.8 Å². The van der Waals surface area contributed by atoms with E-state index < -0.39 is 40.2 Å². The third-order valence-electron chi connectivity index (χ3n) is 4.43. The first kappa shape index (κ1) is 22.5. The van der Waals surface area contributed by atoms with Crippen LogP contribution in [0, 0.1) is 5.82 Å². The summed E-state index contributed by atoms with van der Waals surface area (Å²) >= 11 is 0. The number of benzene rings is 2. The van der Waals surface area contributed by atoms with Crippen molar-refractivity contribution in [2.75, 3.05) is 26.9 Å². The third-order valence-corrected chi connectivity index (χ3v) is 5.69. The minimum absolute atomic E-state index is 0.00367. The van der Waals surface area contributed by atoms with E-state index in [0.29, 0.717) is 11.1 Å². The first-order valence-electron chi connectivity index (χ1n) is 8.85. The first-order chi connectivity index (χ1) is 13.6. The third kappa shape index (κ3) is 6.10. The van der Waals surface area contributed by atoms with E-state index in [0.717, 1.165) is 10.6 Å². The van der Waals surface area contributed by atoms with Crippen LogP contribution in [-0.4, -0.2) is 56.3 Å². The average molecular weight is 421 g/mol. The number of nitrogens with one attached hydrogen (secondary N) is 1. The summed E-state index contributed by atoms with van der Waals surface area (Å²) in [6.45, 7) is -0.427. The molecule has 156 valence electrons. The summed E-state index contributed by atoms with van der Waals surface area (Å²) in [5, 5.41) is 2.55. The Morgan fingerprint density at radius 3 is 2.17 bits per heavy atom. The van der Waals surface area contributed by atoms with Crippen LogP contribution in [0.4, 0.5) is 4.39 Å². The van der Waals surface area contributed by atoms with Crippen molar-refractivity contribution in [1.29, 1.82) is 0 Å². The minimum Gasteiger partial charge on any atom is -0.357 e.